The molecular formula is C23H18N2O. The topological polar surface area (TPSA) is 44.1 Å². The monoisotopic (exact) mass is 338 g/mol. The molecule has 1 aliphatic rings. The third-order valence-electron chi connectivity index (χ3n) is 4.95. The smallest absolute Gasteiger partial charge is 0.258 e. The first-order valence-electron chi connectivity index (χ1n) is 8.69. The zero-order valence-electron chi connectivity index (χ0n) is 14.6. The lowest BCUT2D eigenvalue weighted by molar-refractivity contribution is 0.0987. The second kappa shape index (κ2) is 6.50. The zero-order chi connectivity index (χ0) is 18.1. The number of fused-ring (bicyclic) bond motifs is 3. The molecule has 0 aliphatic carbocycles. The molecule has 1 heterocycles. The molecule has 0 N–H and O–H groups in total. The number of anilines is 1. The van der Waals surface area contributed by atoms with Crippen LogP contribution in [0.3, 0.4) is 0 Å². The highest BCUT2D eigenvalue weighted by molar-refractivity contribution is 6.08. The van der Waals surface area contributed by atoms with Crippen LogP contribution in [0.5, 0.6) is 0 Å². The summed E-state index contributed by atoms with van der Waals surface area (Å²) in [6.45, 7) is 2.49. The maximum Gasteiger partial charge on any atom is 0.258 e. The highest BCUT2D eigenvalue weighted by atomic mass is 16.2. The second-order valence-electron chi connectivity index (χ2n) is 6.52. The fourth-order valence-electron chi connectivity index (χ4n) is 3.58. The molecule has 3 aromatic carbocycles. The van der Waals surface area contributed by atoms with E-state index < -0.39 is 0 Å². The van der Waals surface area contributed by atoms with E-state index in [9.17, 15) is 4.79 Å². The summed E-state index contributed by atoms with van der Waals surface area (Å²) in [6, 6.07) is 23.8. The molecule has 4 rings (SSSR count). The maximum atomic E-state index is 13.3. The van der Waals surface area contributed by atoms with Gasteiger partial charge in [-0.25, -0.2) is 0 Å². The Morgan fingerprint density at radius 3 is 2.50 bits per heavy atom. The molecule has 0 radical (unpaired) electrons. The predicted octanol–water partition coefficient (Wildman–Crippen LogP) is 4.74. The minimum atomic E-state index is -0.0298. The Bertz CT molecular complexity index is 1050. The van der Waals surface area contributed by atoms with Gasteiger partial charge in [-0.05, 0) is 54.3 Å². The molecule has 126 valence electrons. The summed E-state index contributed by atoms with van der Waals surface area (Å²) in [5, 5.41) is 9.12. The number of carbonyl (C=O) groups is 1. The number of para-hydroxylation sites is 1. The molecule has 26 heavy (non-hydrogen) atoms. The van der Waals surface area contributed by atoms with E-state index in [4.69, 9.17) is 5.26 Å². The van der Waals surface area contributed by atoms with E-state index in [1.165, 1.54) is 11.1 Å². The first-order chi connectivity index (χ1) is 12.7. The van der Waals surface area contributed by atoms with Crippen molar-refractivity contribution in [1.29, 1.82) is 5.26 Å². The van der Waals surface area contributed by atoms with Gasteiger partial charge in [0.1, 0.15) is 0 Å². The summed E-state index contributed by atoms with van der Waals surface area (Å²) < 4.78 is 0. The van der Waals surface area contributed by atoms with Gasteiger partial charge in [0.05, 0.1) is 17.3 Å². The number of hydrogen-bond donors (Lipinski definition) is 0. The van der Waals surface area contributed by atoms with Gasteiger partial charge in [0, 0.05) is 17.7 Å². The van der Waals surface area contributed by atoms with Crippen molar-refractivity contribution in [3.8, 4) is 17.2 Å². The third kappa shape index (κ3) is 2.66. The average molecular weight is 338 g/mol. The van der Waals surface area contributed by atoms with Crippen LogP contribution in [-0.4, -0.2) is 12.5 Å². The van der Waals surface area contributed by atoms with Crippen LogP contribution in [0.2, 0.25) is 0 Å². The van der Waals surface area contributed by atoms with Crippen LogP contribution in [0.4, 0.5) is 5.69 Å². The van der Waals surface area contributed by atoms with Gasteiger partial charge in [-0.15, -0.1) is 0 Å². The number of nitriles is 1. The lowest BCUT2D eigenvalue weighted by atomic mass is 9.98. The summed E-state index contributed by atoms with van der Waals surface area (Å²) in [7, 11) is 0. The largest absolute Gasteiger partial charge is 0.307 e. The lowest BCUT2D eigenvalue weighted by Crippen LogP contribution is -2.32. The first-order valence-corrected chi connectivity index (χ1v) is 8.69. The van der Waals surface area contributed by atoms with Crippen molar-refractivity contribution in [3.63, 3.8) is 0 Å². The van der Waals surface area contributed by atoms with Crippen molar-refractivity contribution >= 4 is 11.6 Å². The fraction of sp³-hybridized carbons (Fsp3) is 0.130. The number of benzene rings is 3. The molecular weight excluding hydrogens is 320 g/mol. The number of rotatable bonds is 1. The average Bonchev–Trinajstić information content (AvgIpc) is 2.84. The Morgan fingerprint density at radius 2 is 1.73 bits per heavy atom. The SMILES string of the molecule is Cc1cc(C(=O)N2CCc3ccccc3-c3ccccc32)ccc1C#N. The molecule has 0 saturated heterocycles. The van der Waals surface area contributed by atoms with E-state index in [1.54, 1.807) is 12.1 Å². The van der Waals surface area contributed by atoms with Crippen LogP contribution in [-0.2, 0) is 6.42 Å². The van der Waals surface area contributed by atoms with E-state index in [0.717, 1.165) is 23.2 Å². The summed E-state index contributed by atoms with van der Waals surface area (Å²) in [5.41, 5.74) is 6.50. The van der Waals surface area contributed by atoms with Gasteiger partial charge in [0.2, 0.25) is 0 Å². The molecule has 0 spiro atoms. The summed E-state index contributed by atoms with van der Waals surface area (Å²) in [4.78, 5) is 15.1. The summed E-state index contributed by atoms with van der Waals surface area (Å²) >= 11 is 0. The van der Waals surface area contributed by atoms with E-state index >= 15 is 0 Å². The molecule has 3 nitrogen and oxygen atoms in total. The Labute approximate surface area is 153 Å². The van der Waals surface area contributed by atoms with Crippen molar-refractivity contribution in [2.75, 3.05) is 11.4 Å². The van der Waals surface area contributed by atoms with Crippen LogP contribution in [0.25, 0.3) is 11.1 Å². The van der Waals surface area contributed by atoms with Crippen molar-refractivity contribution in [3.05, 3.63) is 89.0 Å². The molecule has 1 amide bonds. The summed E-state index contributed by atoms with van der Waals surface area (Å²) in [6.07, 6.45) is 0.811. The minimum absolute atomic E-state index is 0.0298. The third-order valence-corrected chi connectivity index (χ3v) is 4.95. The highest BCUT2D eigenvalue weighted by Crippen LogP contribution is 2.36. The van der Waals surface area contributed by atoms with Crippen molar-refractivity contribution in [2.24, 2.45) is 0 Å². The van der Waals surface area contributed by atoms with Gasteiger partial charge >= 0.3 is 0 Å². The van der Waals surface area contributed by atoms with Gasteiger partial charge in [0.15, 0.2) is 0 Å². The Hall–Kier alpha value is -3.38. The molecule has 0 atom stereocenters. The molecule has 0 unspecified atom stereocenters. The van der Waals surface area contributed by atoms with Crippen molar-refractivity contribution < 1.29 is 4.79 Å². The molecule has 0 fully saturated rings. The van der Waals surface area contributed by atoms with Crippen LogP contribution in [0, 0.1) is 18.3 Å². The van der Waals surface area contributed by atoms with Crippen LogP contribution >= 0.6 is 0 Å². The second-order valence-corrected chi connectivity index (χ2v) is 6.52. The lowest BCUT2D eigenvalue weighted by Gasteiger charge is -2.23. The quantitative estimate of drug-likeness (QED) is 0.643. The number of carbonyl (C=O) groups excluding carboxylic acids is 1. The standard InChI is InChI=1S/C23H18N2O/c1-16-14-18(10-11-19(16)15-24)23(26)25-13-12-17-6-2-3-7-20(17)21-8-4-5-9-22(21)25/h2-11,14H,12-13H2,1H3. The van der Waals surface area contributed by atoms with Gasteiger partial charge < -0.3 is 4.90 Å². The van der Waals surface area contributed by atoms with Gasteiger partial charge in [-0.1, -0.05) is 42.5 Å². The number of aryl methyl sites for hydroxylation is 1. The number of amides is 1. The van der Waals surface area contributed by atoms with E-state index in [-0.39, 0.29) is 5.91 Å². The molecule has 3 aromatic rings. The molecule has 0 bridgehead atoms. The predicted molar refractivity (Wildman–Crippen MR) is 103 cm³/mol. The first kappa shape index (κ1) is 16.1. The van der Waals surface area contributed by atoms with E-state index in [0.29, 0.717) is 17.7 Å². The Balaban J connectivity index is 1.80. The minimum Gasteiger partial charge on any atom is -0.307 e. The summed E-state index contributed by atoms with van der Waals surface area (Å²) in [5.74, 6) is -0.0298. The van der Waals surface area contributed by atoms with E-state index in [1.807, 2.05) is 48.2 Å². The normalized spacial score (nSPS) is 12.5. The Kier molecular flexibility index (Phi) is 4.02. The highest BCUT2D eigenvalue weighted by Gasteiger charge is 2.24. The van der Waals surface area contributed by atoms with Crippen LogP contribution in [0.15, 0.2) is 66.7 Å². The number of hydrogen-bond acceptors (Lipinski definition) is 2. The van der Waals surface area contributed by atoms with Crippen LogP contribution < -0.4 is 4.90 Å². The maximum absolute atomic E-state index is 13.3. The fourth-order valence-corrected chi connectivity index (χ4v) is 3.58. The molecule has 3 heteroatoms. The Morgan fingerprint density at radius 1 is 1.00 bits per heavy atom. The van der Waals surface area contributed by atoms with Gasteiger partial charge in [-0.3, -0.25) is 4.79 Å². The molecule has 0 aromatic heterocycles. The van der Waals surface area contributed by atoms with Crippen LogP contribution in [0.1, 0.15) is 27.0 Å². The molecule has 1 aliphatic heterocycles. The van der Waals surface area contributed by atoms with Crippen molar-refractivity contribution in [2.45, 2.75) is 13.3 Å². The van der Waals surface area contributed by atoms with Crippen molar-refractivity contribution in [1.82, 2.24) is 0 Å². The molecule has 0 saturated carbocycles. The van der Waals surface area contributed by atoms with Gasteiger partial charge in [0.25, 0.3) is 5.91 Å². The number of nitrogens with zero attached hydrogens (tertiary/aromatic N) is 2. The van der Waals surface area contributed by atoms with E-state index in [2.05, 4.69) is 24.3 Å². The zero-order valence-corrected chi connectivity index (χ0v) is 14.6. The van der Waals surface area contributed by atoms with Gasteiger partial charge in [-0.2, -0.15) is 5.26 Å².